The minimum atomic E-state index is -0.212. The zero-order valence-electron chi connectivity index (χ0n) is 2.76. The van der Waals surface area contributed by atoms with E-state index in [2.05, 4.69) is 10.7 Å². The maximum Gasteiger partial charge on any atom is 0.135 e. The molecule has 0 atom stereocenters. The predicted octanol–water partition coefficient (Wildman–Crippen LogP) is -1.08. The Hall–Kier alpha value is -0.570. The number of nitrogens with zero attached hydrogens (tertiary/aromatic N) is 1. The van der Waals surface area contributed by atoms with Gasteiger partial charge in [-0.1, -0.05) is 0 Å². The highest BCUT2D eigenvalue weighted by Gasteiger charge is 1.51. The second-order valence-corrected chi connectivity index (χ2v) is 0.473. The molecule has 0 aromatic heterocycles. The quantitative estimate of drug-likeness (QED) is 0.307. The lowest BCUT2D eigenvalue weighted by molar-refractivity contribution is 0.310. The van der Waals surface area contributed by atoms with Crippen molar-refractivity contribution in [3.8, 4) is 0 Å². The van der Waals surface area contributed by atoms with Crippen LogP contribution < -0.4 is 5.73 Å². The molecule has 0 radical (unpaired) electrons. The van der Waals surface area contributed by atoms with E-state index >= 15 is 0 Å². The molecule has 0 rings (SSSR count). The first-order valence-corrected chi connectivity index (χ1v) is 1.22. The lowest BCUT2D eigenvalue weighted by Gasteiger charge is -1.69. The molecule has 0 aromatic rings. The van der Waals surface area contributed by atoms with E-state index in [1.54, 1.807) is 0 Å². The lowest BCUT2D eigenvalue weighted by Crippen LogP contribution is -1.88. The summed E-state index contributed by atoms with van der Waals surface area (Å²) in [5.74, 6) is 0. The van der Waals surface area contributed by atoms with E-state index in [1.165, 1.54) is 0 Å². The van der Waals surface area contributed by atoms with Crippen LogP contribution in [-0.2, 0) is 0 Å². The Labute approximate surface area is 30.1 Å². The van der Waals surface area contributed by atoms with Crippen molar-refractivity contribution in [2.24, 2.45) is 10.7 Å². The Kier molecular flexibility index (Phi) is 3.04. The molecule has 5 heavy (non-hydrogen) atoms. The maximum absolute atomic E-state index is 7.79. The normalized spacial score (nSPS) is 9.80. The van der Waals surface area contributed by atoms with Gasteiger partial charge in [-0.15, -0.1) is 0 Å². The molecule has 0 spiro atoms. The first-order valence-electron chi connectivity index (χ1n) is 1.22. The third-order valence-electron chi connectivity index (χ3n) is 0.187. The van der Waals surface area contributed by atoms with Crippen LogP contribution in [0.5, 0.6) is 0 Å². The van der Waals surface area contributed by atoms with Gasteiger partial charge in [0, 0.05) is 0 Å². The van der Waals surface area contributed by atoms with Gasteiger partial charge in [0.05, 0.1) is 6.34 Å². The van der Waals surface area contributed by atoms with Crippen molar-refractivity contribution < 1.29 is 5.11 Å². The number of hydrogen-bond acceptors (Lipinski definition) is 2. The van der Waals surface area contributed by atoms with Gasteiger partial charge in [-0.2, -0.15) is 0 Å². The molecule has 0 heterocycles. The average Bonchev–Trinajstić information content (AvgIpc) is 1.41. The number of aliphatic hydroxyl groups is 1. The van der Waals surface area contributed by atoms with E-state index in [1.807, 2.05) is 0 Å². The summed E-state index contributed by atoms with van der Waals surface area (Å²) in [5, 5.41) is 7.79. The Morgan fingerprint density at radius 1 is 2.00 bits per heavy atom. The highest BCUT2D eigenvalue weighted by atomic mass is 16.3. The van der Waals surface area contributed by atoms with Crippen molar-refractivity contribution in [2.75, 3.05) is 6.73 Å². The minimum absolute atomic E-state index is 0.212. The van der Waals surface area contributed by atoms with Crippen molar-refractivity contribution in [3.63, 3.8) is 0 Å². The van der Waals surface area contributed by atoms with E-state index < -0.39 is 0 Å². The van der Waals surface area contributed by atoms with Crippen LogP contribution in [0.1, 0.15) is 0 Å². The smallest absolute Gasteiger partial charge is 0.135 e. The Morgan fingerprint density at radius 3 is 2.60 bits per heavy atom. The predicted molar refractivity (Wildman–Crippen MR) is 19.8 cm³/mol. The van der Waals surface area contributed by atoms with Gasteiger partial charge in [0.2, 0.25) is 0 Å². The van der Waals surface area contributed by atoms with Crippen LogP contribution in [0.15, 0.2) is 4.99 Å². The molecule has 3 N–H and O–H groups in total. The average molecular weight is 74.1 g/mol. The molecule has 0 aromatic carbocycles. The number of rotatable bonds is 1. The molecule has 0 saturated carbocycles. The summed E-state index contributed by atoms with van der Waals surface area (Å²) in [6, 6.07) is 0. The zero-order valence-corrected chi connectivity index (χ0v) is 2.76. The molecular weight excluding hydrogens is 68.0 g/mol. The molecule has 0 fully saturated rings. The Balaban J connectivity index is 2.62. The van der Waals surface area contributed by atoms with E-state index in [9.17, 15) is 0 Å². The largest absolute Gasteiger partial charge is 0.390 e. The van der Waals surface area contributed by atoms with Crippen LogP contribution in [0.3, 0.4) is 0 Å². The SMILES string of the molecule is NC=NCO. The summed E-state index contributed by atoms with van der Waals surface area (Å²) >= 11 is 0. The highest BCUT2D eigenvalue weighted by Crippen LogP contribution is 1.47. The molecule has 3 nitrogen and oxygen atoms in total. The molecule has 0 bridgehead atoms. The van der Waals surface area contributed by atoms with Crippen LogP contribution in [0.25, 0.3) is 0 Å². The number of nitrogens with two attached hydrogens (primary N) is 1. The van der Waals surface area contributed by atoms with Crippen LogP contribution in [-0.4, -0.2) is 18.2 Å². The number of aliphatic imine (C=N–C) groups is 1. The summed E-state index contributed by atoms with van der Waals surface area (Å²) in [6.07, 6.45) is 1.06. The van der Waals surface area contributed by atoms with Crippen molar-refractivity contribution in [1.82, 2.24) is 0 Å². The summed E-state index contributed by atoms with van der Waals surface area (Å²) in [7, 11) is 0. The molecular formula is C2H6N2O. The fraction of sp³-hybridized carbons (Fsp3) is 0.500. The second-order valence-electron chi connectivity index (χ2n) is 0.473. The third-order valence-corrected chi connectivity index (χ3v) is 0.187. The highest BCUT2D eigenvalue weighted by molar-refractivity contribution is 5.50. The van der Waals surface area contributed by atoms with Crippen LogP contribution >= 0.6 is 0 Å². The monoisotopic (exact) mass is 74.0 g/mol. The number of aliphatic hydroxyl groups excluding tert-OH is 1. The molecule has 3 heteroatoms. The van der Waals surface area contributed by atoms with Crippen molar-refractivity contribution >= 4 is 6.34 Å². The van der Waals surface area contributed by atoms with E-state index in [0.29, 0.717) is 0 Å². The second kappa shape index (κ2) is 3.43. The summed E-state index contributed by atoms with van der Waals surface area (Å²) in [6.45, 7) is -0.212. The van der Waals surface area contributed by atoms with Gasteiger partial charge in [-0.05, 0) is 0 Å². The molecule has 0 aliphatic heterocycles. The van der Waals surface area contributed by atoms with Gasteiger partial charge in [0.25, 0.3) is 0 Å². The van der Waals surface area contributed by atoms with E-state index in [-0.39, 0.29) is 6.73 Å². The van der Waals surface area contributed by atoms with Crippen molar-refractivity contribution in [3.05, 3.63) is 0 Å². The summed E-state index contributed by atoms with van der Waals surface area (Å²) in [5.41, 5.74) is 4.69. The van der Waals surface area contributed by atoms with Gasteiger partial charge < -0.3 is 10.8 Å². The Morgan fingerprint density at radius 2 is 2.60 bits per heavy atom. The topological polar surface area (TPSA) is 58.6 Å². The fourth-order valence-corrected chi connectivity index (χ4v) is 0.0471. The lowest BCUT2D eigenvalue weighted by atomic mass is 11.2. The van der Waals surface area contributed by atoms with Crippen LogP contribution in [0, 0.1) is 0 Å². The summed E-state index contributed by atoms with van der Waals surface area (Å²) in [4.78, 5) is 3.18. The molecule has 0 unspecified atom stereocenters. The van der Waals surface area contributed by atoms with Crippen LogP contribution in [0.4, 0.5) is 0 Å². The Bertz CT molecular complexity index is 34.6. The molecule has 0 saturated heterocycles. The van der Waals surface area contributed by atoms with Gasteiger partial charge in [0.15, 0.2) is 0 Å². The van der Waals surface area contributed by atoms with Crippen LogP contribution in [0.2, 0.25) is 0 Å². The van der Waals surface area contributed by atoms with Gasteiger partial charge >= 0.3 is 0 Å². The van der Waals surface area contributed by atoms with E-state index in [4.69, 9.17) is 5.11 Å². The van der Waals surface area contributed by atoms with Crippen molar-refractivity contribution in [2.45, 2.75) is 0 Å². The maximum atomic E-state index is 7.79. The molecule has 30 valence electrons. The minimum Gasteiger partial charge on any atom is -0.390 e. The zero-order chi connectivity index (χ0) is 4.12. The van der Waals surface area contributed by atoms with Crippen molar-refractivity contribution in [1.29, 1.82) is 0 Å². The standard InChI is InChI=1S/C2H6N2O/c3-1-4-2-5/h1,5H,2H2,(H2,3,4). The van der Waals surface area contributed by atoms with Gasteiger partial charge in [-0.3, -0.25) is 0 Å². The molecule has 0 aliphatic rings. The summed E-state index contributed by atoms with van der Waals surface area (Å²) < 4.78 is 0. The van der Waals surface area contributed by atoms with Gasteiger partial charge in [0.1, 0.15) is 6.73 Å². The number of hydrogen-bond donors (Lipinski definition) is 2. The van der Waals surface area contributed by atoms with Gasteiger partial charge in [-0.25, -0.2) is 4.99 Å². The first-order chi connectivity index (χ1) is 2.41. The fourth-order valence-electron chi connectivity index (χ4n) is 0.0471. The van der Waals surface area contributed by atoms with E-state index in [0.717, 1.165) is 6.34 Å². The molecule has 0 aliphatic carbocycles. The third kappa shape index (κ3) is 3.43. The first kappa shape index (κ1) is 4.43. The molecule has 0 amide bonds.